The van der Waals surface area contributed by atoms with Crippen LogP contribution in [0.15, 0.2) is 54.6 Å². The van der Waals surface area contributed by atoms with Gasteiger partial charge in [-0.3, -0.25) is 57.7 Å². The van der Waals surface area contributed by atoms with E-state index in [0.29, 0.717) is 43.4 Å². The van der Waals surface area contributed by atoms with E-state index in [0.717, 1.165) is 11.0 Å². The highest BCUT2D eigenvalue weighted by molar-refractivity contribution is 6.13. The maximum absolute atomic E-state index is 15.0. The number of ether oxygens (including phenoxy) is 5. The topological polar surface area (TPSA) is 391 Å². The number of methoxy groups -OCH3 is 3. The summed E-state index contributed by atoms with van der Waals surface area (Å²) in [7, 11) is 9.27. The number of carbonyl (C=O) groups is 13. The SMILES string of the molecule is CC[C@H](C)[C@@H]([C@@H](CC(=O)N1C[C@@H](OC(=O)NCCNC(=O)OCc2ccc(NC(=O)[C@H](CCCNC(N)=O)CC(=O)[C@@H](NC(=O)CCCCCN3C(=O)C=CC3=O)C(C)C)cc2)C[C@H]1[C@H](OC)[C@@H](C)C(=O)NCC(=O)c1ccc(OC)c(F)c1)OC)N(C)C(=O)[C@@H](NC(=O)[C@H](C(C)C)N(C)C)C(C)C. The molecule has 2 aromatic rings. The number of alkyl carbamates (subject to hydrolysis) is 2. The fourth-order valence-electron chi connectivity index (χ4n) is 12.9. The number of anilines is 1. The van der Waals surface area contributed by atoms with Crippen LogP contribution < -0.4 is 47.7 Å². The Morgan fingerprint density at radius 3 is 1.91 bits per heavy atom. The number of nitrogens with one attached hydrogen (secondary N) is 7. The van der Waals surface area contributed by atoms with Gasteiger partial charge in [0.1, 0.15) is 18.8 Å². The predicted octanol–water partition coefficient (Wildman–Crippen LogP) is 5.00. The molecular weight excluding hydrogens is 1350 g/mol. The Morgan fingerprint density at radius 2 is 1.35 bits per heavy atom. The standard InChI is InChI=1S/C73H111FN12O18/c1-16-45(8)65(84(12)70(96)63(43(4)5)82-69(95)64(44(6)7)83(10)11)57(101-14)38-61(92)86-40-51(37-53(86)66(102-15)46(9)67(93)79-39-55(88)48-25-28-56(100-13)52(74)35-48)104-73(99)78-33-32-77-72(98)103-41-47-23-26-50(27-24-47)80-68(94)49(21-20-31-76-71(75)97)36-54(87)62(42(2)3)81-58(89)22-18-17-19-34-85-59(90)29-30-60(85)91/h23-30,35,42-46,49,51,53,57,62-66H,16-22,31-34,36-41H2,1-15H3,(H,77,98)(H,78,99)(H,79,93)(H,80,94)(H,81,89)(H,82,95)(H3,75,76,97)/t45-,46+,49+,51-,53-,57+,62-,63-,64-,65-,66+/m0/s1. The van der Waals surface area contributed by atoms with Crippen LogP contribution in [0.3, 0.4) is 0 Å². The summed E-state index contributed by atoms with van der Waals surface area (Å²) in [6.45, 7) is 15.7. The lowest BCUT2D eigenvalue weighted by molar-refractivity contribution is -0.148. The molecule has 31 heteroatoms. The van der Waals surface area contributed by atoms with Crippen molar-refractivity contribution in [2.45, 2.75) is 182 Å². The molecule has 4 rings (SSSR count). The molecule has 2 aliphatic heterocycles. The van der Waals surface area contributed by atoms with Crippen molar-refractivity contribution < 1.29 is 90.4 Å². The first kappa shape index (κ1) is 87.3. The van der Waals surface area contributed by atoms with Gasteiger partial charge in [-0.1, -0.05) is 87.3 Å². The molecule has 30 nitrogen and oxygen atoms in total. The van der Waals surface area contributed by atoms with Crippen molar-refractivity contribution in [2.75, 3.05) is 87.1 Å². The summed E-state index contributed by atoms with van der Waals surface area (Å²) >= 11 is 0. The number of carbonyl (C=O) groups excluding carboxylic acids is 13. The number of urea groups is 1. The zero-order chi connectivity index (χ0) is 77.7. The lowest BCUT2D eigenvalue weighted by Crippen LogP contribution is -2.59. The third kappa shape index (κ3) is 26.9. The van der Waals surface area contributed by atoms with E-state index in [1.54, 1.807) is 71.1 Å². The van der Waals surface area contributed by atoms with Gasteiger partial charge in [-0.25, -0.2) is 18.8 Å². The zero-order valence-electron chi connectivity index (χ0n) is 62.9. The van der Waals surface area contributed by atoms with E-state index in [1.165, 1.54) is 55.4 Å². The number of unbranched alkanes of at least 4 members (excludes halogenated alkanes) is 2. The molecule has 9 N–H and O–H groups in total. The minimum absolute atomic E-state index is 0.0134. The van der Waals surface area contributed by atoms with Crippen molar-refractivity contribution in [1.29, 1.82) is 0 Å². The zero-order valence-corrected chi connectivity index (χ0v) is 62.9. The predicted molar refractivity (Wildman–Crippen MR) is 383 cm³/mol. The van der Waals surface area contributed by atoms with Crippen molar-refractivity contribution in [3.05, 3.63) is 71.6 Å². The van der Waals surface area contributed by atoms with Gasteiger partial charge in [-0.2, -0.15) is 0 Å². The second-order valence-corrected chi connectivity index (χ2v) is 27.7. The maximum atomic E-state index is 15.0. The second kappa shape index (κ2) is 43.2. The van der Waals surface area contributed by atoms with E-state index in [4.69, 9.17) is 29.4 Å². The summed E-state index contributed by atoms with van der Waals surface area (Å²) in [5, 5.41) is 18.8. The molecule has 1 fully saturated rings. The summed E-state index contributed by atoms with van der Waals surface area (Å²) in [5.74, 6) is -8.10. The third-order valence-electron chi connectivity index (χ3n) is 18.7. The summed E-state index contributed by atoms with van der Waals surface area (Å²) in [6.07, 6.45) is -0.144. The molecular formula is C73H111FN12O18. The average molecular weight is 1460 g/mol. The minimum Gasteiger partial charge on any atom is -0.494 e. The molecule has 578 valence electrons. The van der Waals surface area contributed by atoms with Gasteiger partial charge >= 0.3 is 18.2 Å². The maximum Gasteiger partial charge on any atom is 0.407 e. The molecule has 0 radical (unpaired) electrons. The molecule has 2 heterocycles. The Kier molecular flexibility index (Phi) is 36.3. The van der Waals surface area contributed by atoms with Crippen LogP contribution in [-0.4, -0.2) is 227 Å². The summed E-state index contributed by atoms with van der Waals surface area (Å²) < 4.78 is 42.8. The van der Waals surface area contributed by atoms with Gasteiger partial charge in [0.2, 0.25) is 35.4 Å². The van der Waals surface area contributed by atoms with Crippen LogP contribution in [0.25, 0.3) is 0 Å². The molecule has 12 amide bonds. The second-order valence-electron chi connectivity index (χ2n) is 27.7. The van der Waals surface area contributed by atoms with Crippen LogP contribution in [0.1, 0.15) is 142 Å². The Hall–Kier alpha value is -9.10. The Morgan fingerprint density at radius 1 is 0.702 bits per heavy atom. The minimum atomic E-state index is -1.06. The van der Waals surface area contributed by atoms with Crippen LogP contribution in [0.4, 0.5) is 24.5 Å². The van der Waals surface area contributed by atoms with Gasteiger partial charge in [0.15, 0.2) is 23.1 Å². The van der Waals surface area contributed by atoms with E-state index < -0.39 is 114 Å². The van der Waals surface area contributed by atoms with Crippen molar-refractivity contribution in [3.63, 3.8) is 0 Å². The fourth-order valence-corrected chi connectivity index (χ4v) is 12.9. The highest BCUT2D eigenvalue weighted by Gasteiger charge is 2.47. The average Bonchev–Trinajstić information content (AvgIpc) is 1.58. The first-order chi connectivity index (χ1) is 49.2. The molecule has 2 aromatic carbocycles. The molecule has 1 saturated heterocycles. The molecule has 11 atom stereocenters. The molecule has 0 aliphatic carbocycles. The van der Waals surface area contributed by atoms with Crippen LogP contribution in [0.2, 0.25) is 0 Å². The lowest BCUT2D eigenvalue weighted by Gasteiger charge is -2.41. The molecule has 0 spiro atoms. The van der Waals surface area contributed by atoms with E-state index in [2.05, 4.69) is 37.2 Å². The summed E-state index contributed by atoms with van der Waals surface area (Å²) in [6, 6.07) is 5.30. The van der Waals surface area contributed by atoms with Gasteiger partial charge < -0.3 is 76.4 Å². The summed E-state index contributed by atoms with van der Waals surface area (Å²) in [4.78, 5) is 178. The Balaban J connectivity index is 1.40. The quantitative estimate of drug-likeness (QED) is 0.0246. The number of benzene rings is 2. The van der Waals surface area contributed by atoms with E-state index >= 15 is 0 Å². The van der Waals surface area contributed by atoms with E-state index in [1.807, 2.05) is 41.5 Å². The van der Waals surface area contributed by atoms with Gasteiger partial charge in [-0.05, 0) is 99.3 Å². The number of hydrogen-bond acceptors (Lipinski definition) is 19. The van der Waals surface area contributed by atoms with Crippen LogP contribution >= 0.6 is 0 Å². The molecule has 2 aliphatic rings. The largest absolute Gasteiger partial charge is 0.494 e. The van der Waals surface area contributed by atoms with Crippen molar-refractivity contribution in [2.24, 2.45) is 41.2 Å². The van der Waals surface area contributed by atoms with Crippen LogP contribution in [0, 0.1) is 41.3 Å². The highest BCUT2D eigenvalue weighted by Crippen LogP contribution is 2.32. The number of ketones is 2. The monoisotopic (exact) mass is 1460 g/mol. The Bertz CT molecular complexity index is 3270. The van der Waals surface area contributed by atoms with Crippen molar-refractivity contribution in [1.82, 2.24) is 51.5 Å². The Labute approximate surface area is 609 Å². The number of primary amides is 1. The number of halogens is 1. The van der Waals surface area contributed by atoms with Crippen molar-refractivity contribution >= 4 is 82.7 Å². The first-order valence-electron chi connectivity index (χ1n) is 35.5. The van der Waals surface area contributed by atoms with Crippen LogP contribution in [-0.2, 0) is 68.7 Å². The summed E-state index contributed by atoms with van der Waals surface area (Å²) in [5.41, 5.74) is 6.12. The van der Waals surface area contributed by atoms with E-state index in [-0.39, 0.29) is 142 Å². The number of imide groups is 1. The molecule has 0 saturated carbocycles. The third-order valence-corrected chi connectivity index (χ3v) is 18.7. The lowest BCUT2D eigenvalue weighted by atomic mass is 9.89. The number of hydrogen-bond donors (Lipinski definition) is 8. The normalized spacial score (nSPS) is 16.9. The van der Waals surface area contributed by atoms with Gasteiger partial charge in [0, 0.05) is 96.0 Å². The molecule has 0 bridgehead atoms. The van der Waals surface area contributed by atoms with Crippen LogP contribution in [0.5, 0.6) is 5.75 Å². The van der Waals surface area contributed by atoms with Crippen molar-refractivity contribution in [3.8, 4) is 5.75 Å². The number of nitrogens with two attached hydrogens (primary N) is 1. The highest BCUT2D eigenvalue weighted by atomic mass is 19.1. The molecule has 0 unspecified atom stereocenters. The van der Waals surface area contributed by atoms with Gasteiger partial charge in [0.25, 0.3) is 11.8 Å². The number of likely N-dealkylation sites (tertiary alicyclic amines) is 1. The molecule has 104 heavy (non-hydrogen) atoms. The molecule has 0 aromatic heterocycles. The number of rotatable bonds is 44. The number of amides is 12. The number of Topliss-reactive ketones (excluding diaryl/α,β-unsaturated/α-hetero) is 2. The number of nitrogens with zero attached hydrogens (tertiary/aromatic N) is 4. The fraction of sp³-hybridized carbons (Fsp3) is 0.630. The smallest absolute Gasteiger partial charge is 0.407 e. The van der Waals surface area contributed by atoms with E-state index in [9.17, 15) is 66.7 Å². The number of likely N-dealkylation sites (N-methyl/N-ethyl adjacent to an activating group) is 2. The van der Waals surface area contributed by atoms with Gasteiger partial charge in [0.05, 0.1) is 68.9 Å². The first-order valence-corrected chi connectivity index (χ1v) is 35.5. The van der Waals surface area contributed by atoms with Gasteiger partial charge in [-0.15, -0.1) is 0 Å².